The number of benzene rings is 3. The van der Waals surface area contributed by atoms with Crippen molar-refractivity contribution >= 4 is 10.8 Å². The monoisotopic (exact) mass is 486 g/mol. The van der Waals surface area contributed by atoms with Crippen molar-refractivity contribution in [3.8, 4) is 34.0 Å². The van der Waals surface area contributed by atoms with E-state index in [0.717, 1.165) is 39.4 Å². The van der Waals surface area contributed by atoms with Gasteiger partial charge in [0, 0.05) is 28.9 Å². The molecule has 37 heavy (non-hydrogen) atoms. The van der Waals surface area contributed by atoms with Gasteiger partial charge in [0.15, 0.2) is 0 Å². The van der Waals surface area contributed by atoms with Crippen LogP contribution in [0.1, 0.15) is 52.7 Å². The highest BCUT2D eigenvalue weighted by atomic mass is 16.5. The average Bonchev–Trinajstić information content (AvgIpc) is 2.87. The Labute approximate surface area is 220 Å². The SMILES string of the molecule is CC(C)(C)c1cc(Oc2cccc(-c3cc(C(C)(C)C)ccn3)c2)cc(-c2nccc3ccccc23)c1. The van der Waals surface area contributed by atoms with Crippen molar-refractivity contribution in [2.24, 2.45) is 0 Å². The number of fused-ring (bicyclic) bond motifs is 1. The minimum absolute atomic E-state index is 0.0438. The Hall–Kier alpha value is -3.98. The highest BCUT2D eigenvalue weighted by Crippen LogP contribution is 2.36. The Balaban J connectivity index is 1.55. The van der Waals surface area contributed by atoms with Crippen molar-refractivity contribution in [2.45, 2.75) is 52.4 Å². The van der Waals surface area contributed by atoms with Crippen molar-refractivity contribution in [2.75, 3.05) is 0 Å². The molecule has 0 unspecified atom stereocenters. The van der Waals surface area contributed by atoms with Crippen molar-refractivity contribution in [1.29, 1.82) is 0 Å². The van der Waals surface area contributed by atoms with Gasteiger partial charge in [0.05, 0.1) is 11.4 Å². The third-order valence-corrected chi connectivity index (χ3v) is 6.71. The van der Waals surface area contributed by atoms with Gasteiger partial charge in [-0.25, -0.2) is 0 Å². The molecule has 0 fully saturated rings. The van der Waals surface area contributed by atoms with E-state index in [2.05, 4.69) is 119 Å². The van der Waals surface area contributed by atoms with Gasteiger partial charge in [-0.1, -0.05) is 77.9 Å². The molecule has 3 aromatic carbocycles. The second-order valence-corrected chi connectivity index (χ2v) is 11.7. The van der Waals surface area contributed by atoms with Gasteiger partial charge in [0.1, 0.15) is 11.5 Å². The smallest absolute Gasteiger partial charge is 0.128 e. The maximum absolute atomic E-state index is 6.49. The highest BCUT2D eigenvalue weighted by Gasteiger charge is 2.19. The molecule has 5 rings (SSSR count). The summed E-state index contributed by atoms with van der Waals surface area (Å²) in [6, 6.07) is 29.3. The summed E-state index contributed by atoms with van der Waals surface area (Å²) in [5, 5.41) is 2.31. The number of aromatic nitrogens is 2. The number of hydrogen-bond donors (Lipinski definition) is 0. The Kier molecular flexibility index (Phi) is 6.33. The molecule has 5 aromatic rings. The van der Waals surface area contributed by atoms with E-state index in [-0.39, 0.29) is 10.8 Å². The summed E-state index contributed by atoms with van der Waals surface area (Å²) in [7, 11) is 0. The van der Waals surface area contributed by atoms with Gasteiger partial charge in [-0.15, -0.1) is 0 Å². The molecule has 0 bridgehead atoms. The van der Waals surface area contributed by atoms with E-state index >= 15 is 0 Å². The van der Waals surface area contributed by atoms with Crippen LogP contribution in [-0.2, 0) is 10.8 Å². The number of nitrogens with zero attached hydrogens (tertiary/aromatic N) is 2. The van der Waals surface area contributed by atoms with E-state index < -0.39 is 0 Å². The molecule has 0 aliphatic heterocycles. The summed E-state index contributed by atoms with van der Waals surface area (Å²) in [4.78, 5) is 9.40. The second kappa shape index (κ2) is 9.48. The zero-order chi connectivity index (χ0) is 26.2. The van der Waals surface area contributed by atoms with Crippen LogP contribution in [0.4, 0.5) is 0 Å². The van der Waals surface area contributed by atoms with Crippen LogP contribution in [0, 0.1) is 0 Å². The van der Waals surface area contributed by atoms with Crippen LogP contribution < -0.4 is 4.74 Å². The van der Waals surface area contributed by atoms with Gasteiger partial charge in [0.25, 0.3) is 0 Å². The van der Waals surface area contributed by atoms with Crippen LogP contribution in [-0.4, -0.2) is 9.97 Å². The summed E-state index contributed by atoms with van der Waals surface area (Å²) >= 11 is 0. The predicted molar refractivity (Wildman–Crippen MR) is 154 cm³/mol. The van der Waals surface area contributed by atoms with Crippen LogP contribution in [0.15, 0.2) is 97.3 Å². The van der Waals surface area contributed by atoms with Crippen LogP contribution in [0.3, 0.4) is 0 Å². The molecule has 0 atom stereocenters. The Bertz CT molecular complexity index is 1570. The molecule has 0 amide bonds. The number of pyridine rings is 2. The summed E-state index contributed by atoms with van der Waals surface area (Å²) in [6.07, 6.45) is 3.77. The molecule has 186 valence electrons. The molecule has 3 nitrogen and oxygen atoms in total. The van der Waals surface area contributed by atoms with E-state index in [1.54, 1.807) is 0 Å². The molecule has 2 heterocycles. The van der Waals surface area contributed by atoms with Gasteiger partial charge in [0.2, 0.25) is 0 Å². The molecule has 0 saturated carbocycles. The lowest BCUT2D eigenvalue weighted by molar-refractivity contribution is 0.479. The first-order valence-corrected chi connectivity index (χ1v) is 12.8. The second-order valence-electron chi connectivity index (χ2n) is 11.7. The lowest BCUT2D eigenvalue weighted by Gasteiger charge is -2.22. The summed E-state index contributed by atoms with van der Waals surface area (Å²) in [5.41, 5.74) is 6.47. The molecule has 0 aliphatic carbocycles. The summed E-state index contributed by atoms with van der Waals surface area (Å²) < 4.78 is 6.49. The zero-order valence-corrected chi connectivity index (χ0v) is 22.5. The Morgan fingerprint density at radius 1 is 0.568 bits per heavy atom. The maximum atomic E-state index is 6.49. The minimum Gasteiger partial charge on any atom is -0.457 e. The van der Waals surface area contributed by atoms with E-state index in [1.165, 1.54) is 16.5 Å². The third-order valence-electron chi connectivity index (χ3n) is 6.71. The summed E-state index contributed by atoms with van der Waals surface area (Å²) in [5.74, 6) is 1.58. The largest absolute Gasteiger partial charge is 0.457 e. The van der Waals surface area contributed by atoms with E-state index in [4.69, 9.17) is 9.72 Å². The van der Waals surface area contributed by atoms with Crippen LogP contribution >= 0.6 is 0 Å². The molecule has 2 aromatic heterocycles. The number of rotatable bonds is 4. The molecule has 0 saturated heterocycles. The van der Waals surface area contributed by atoms with Crippen LogP contribution in [0.25, 0.3) is 33.3 Å². The molecular formula is C34H34N2O. The first kappa shape index (κ1) is 24.7. The quantitative estimate of drug-likeness (QED) is 0.254. The van der Waals surface area contributed by atoms with E-state index in [9.17, 15) is 0 Å². The minimum atomic E-state index is -0.0438. The Morgan fingerprint density at radius 3 is 2.08 bits per heavy atom. The number of hydrogen-bond acceptors (Lipinski definition) is 3. The van der Waals surface area contributed by atoms with E-state index in [0.29, 0.717) is 0 Å². The first-order valence-electron chi connectivity index (χ1n) is 12.8. The molecule has 0 radical (unpaired) electrons. The van der Waals surface area contributed by atoms with Crippen molar-refractivity contribution in [3.05, 3.63) is 108 Å². The lowest BCUT2D eigenvalue weighted by atomic mass is 9.85. The normalized spacial score (nSPS) is 12.1. The van der Waals surface area contributed by atoms with Gasteiger partial charge >= 0.3 is 0 Å². The molecular weight excluding hydrogens is 452 g/mol. The average molecular weight is 487 g/mol. The zero-order valence-electron chi connectivity index (χ0n) is 22.5. The highest BCUT2D eigenvalue weighted by molar-refractivity contribution is 5.94. The van der Waals surface area contributed by atoms with Crippen molar-refractivity contribution in [3.63, 3.8) is 0 Å². The van der Waals surface area contributed by atoms with Crippen LogP contribution in [0.5, 0.6) is 11.5 Å². The van der Waals surface area contributed by atoms with Gasteiger partial charge in [-0.3, -0.25) is 9.97 Å². The molecule has 0 aliphatic rings. The van der Waals surface area contributed by atoms with Gasteiger partial charge < -0.3 is 4.74 Å². The summed E-state index contributed by atoms with van der Waals surface area (Å²) in [6.45, 7) is 13.3. The van der Waals surface area contributed by atoms with Crippen LogP contribution in [0.2, 0.25) is 0 Å². The standard InChI is InChI=1S/C34H34N2O/c1-33(2,3)26-15-17-35-31(22-26)24-11-9-12-28(19-24)37-29-20-25(18-27(21-29)34(4,5)6)32-30-13-8-7-10-23(30)14-16-36-32/h7-22H,1-6H3. The van der Waals surface area contributed by atoms with Gasteiger partial charge in [-0.2, -0.15) is 0 Å². The predicted octanol–water partition coefficient (Wildman–Crippen LogP) is 9.35. The molecule has 3 heteroatoms. The van der Waals surface area contributed by atoms with Crippen molar-refractivity contribution in [1.82, 2.24) is 9.97 Å². The fraction of sp³-hybridized carbons (Fsp3) is 0.235. The Morgan fingerprint density at radius 2 is 1.30 bits per heavy atom. The topological polar surface area (TPSA) is 35.0 Å². The fourth-order valence-electron chi connectivity index (χ4n) is 4.49. The molecule has 0 spiro atoms. The fourth-order valence-corrected chi connectivity index (χ4v) is 4.49. The van der Waals surface area contributed by atoms with E-state index in [1.807, 2.05) is 24.5 Å². The van der Waals surface area contributed by atoms with Gasteiger partial charge in [-0.05, 0) is 75.9 Å². The maximum Gasteiger partial charge on any atom is 0.128 e. The molecule has 0 N–H and O–H groups in total. The third kappa shape index (κ3) is 5.41. The van der Waals surface area contributed by atoms with Crippen molar-refractivity contribution < 1.29 is 4.74 Å². The lowest BCUT2D eigenvalue weighted by Crippen LogP contribution is -2.11. The first-order chi connectivity index (χ1) is 17.6. The number of ether oxygens (including phenoxy) is 1.